The maximum absolute atomic E-state index is 5.24. The van der Waals surface area contributed by atoms with Crippen molar-refractivity contribution in [1.82, 2.24) is 30.2 Å². The van der Waals surface area contributed by atoms with Crippen molar-refractivity contribution in [2.75, 3.05) is 26.2 Å². The number of amidine groups is 2. The second-order valence-corrected chi connectivity index (χ2v) is 8.91. The summed E-state index contributed by atoms with van der Waals surface area (Å²) in [5, 5.41) is 30.9. The zero-order valence-electron chi connectivity index (χ0n) is 22.7. The molecule has 0 radical (unpaired) electrons. The SMILES string of the molecule is CCCN(CCC)C([S-])=N/N=C/c1cc(C)[nH]n1.CCCN(CCC)C([S-])=N/N=C/c1cc(C)[nH]n1.[Co+3]. The van der Waals surface area contributed by atoms with Crippen molar-refractivity contribution in [3.63, 3.8) is 0 Å². The quantitative estimate of drug-likeness (QED) is 0.166. The summed E-state index contributed by atoms with van der Waals surface area (Å²) in [6.07, 6.45) is 7.42. The van der Waals surface area contributed by atoms with E-state index in [0.717, 1.165) is 74.6 Å². The van der Waals surface area contributed by atoms with Gasteiger partial charge in [-0.15, -0.1) is 0 Å². The fourth-order valence-electron chi connectivity index (χ4n) is 3.10. The number of hydrogen-bond donors (Lipinski definition) is 2. The van der Waals surface area contributed by atoms with Gasteiger partial charge in [0.25, 0.3) is 0 Å². The van der Waals surface area contributed by atoms with Crippen molar-refractivity contribution in [3.05, 3.63) is 34.9 Å². The summed E-state index contributed by atoms with van der Waals surface area (Å²) in [5.74, 6) is 0. The van der Waals surface area contributed by atoms with E-state index in [9.17, 15) is 0 Å². The van der Waals surface area contributed by atoms with Gasteiger partial charge in [0.2, 0.25) is 0 Å². The molecule has 10 nitrogen and oxygen atoms in total. The molecule has 0 aliphatic rings. The smallest absolute Gasteiger partial charge is 0.741 e. The maximum Gasteiger partial charge on any atom is 3.00 e. The van der Waals surface area contributed by atoms with Crippen molar-refractivity contribution in [2.45, 2.75) is 67.2 Å². The summed E-state index contributed by atoms with van der Waals surface area (Å²) >= 11 is 10.5. The van der Waals surface area contributed by atoms with Gasteiger partial charge in [0.05, 0.1) is 12.4 Å². The first-order chi connectivity index (χ1) is 17.3. The first-order valence-electron chi connectivity index (χ1n) is 12.4. The Morgan fingerprint density at radius 3 is 1.30 bits per heavy atom. The van der Waals surface area contributed by atoms with Gasteiger partial charge in [-0.05, 0) is 51.7 Å². The average Bonchev–Trinajstić information content (AvgIpc) is 3.46. The molecular weight excluding hydrogens is 551 g/mol. The van der Waals surface area contributed by atoms with Crippen LogP contribution in [0.15, 0.2) is 32.5 Å². The Balaban J connectivity index is 0.000000682. The fourth-order valence-corrected chi connectivity index (χ4v) is 3.56. The van der Waals surface area contributed by atoms with E-state index in [1.807, 2.05) is 26.0 Å². The third-order valence-corrected chi connectivity index (χ3v) is 5.31. The molecule has 0 amide bonds. The number of nitrogens with zero attached hydrogens (tertiary/aromatic N) is 8. The molecule has 0 spiro atoms. The predicted octanol–water partition coefficient (Wildman–Crippen LogP) is 4.15. The Bertz CT molecular complexity index is 894. The van der Waals surface area contributed by atoms with E-state index in [2.05, 4.69) is 78.3 Å². The second-order valence-electron chi connectivity index (χ2n) is 8.18. The van der Waals surface area contributed by atoms with E-state index in [4.69, 9.17) is 25.3 Å². The predicted molar refractivity (Wildman–Crippen MR) is 156 cm³/mol. The number of aryl methyl sites for hydroxylation is 2. The summed E-state index contributed by atoms with van der Waals surface area (Å²) in [4.78, 5) is 4.14. The monoisotopic (exact) mass is 591 g/mol. The van der Waals surface area contributed by atoms with Crippen molar-refractivity contribution < 1.29 is 16.8 Å². The molecule has 0 fully saturated rings. The molecule has 2 rings (SSSR count). The van der Waals surface area contributed by atoms with Gasteiger partial charge in [-0.25, -0.2) is 0 Å². The van der Waals surface area contributed by atoms with Crippen LogP contribution in [0, 0.1) is 13.8 Å². The molecule has 0 saturated heterocycles. The van der Waals surface area contributed by atoms with E-state index in [-0.39, 0.29) is 16.8 Å². The van der Waals surface area contributed by atoms with Crippen molar-refractivity contribution in [1.29, 1.82) is 0 Å². The van der Waals surface area contributed by atoms with Gasteiger partial charge in [-0.1, -0.05) is 27.7 Å². The molecule has 0 aromatic carbocycles. The molecule has 0 aliphatic heterocycles. The molecule has 206 valence electrons. The number of rotatable bonds is 12. The van der Waals surface area contributed by atoms with Crippen molar-refractivity contribution >= 4 is 48.0 Å². The first-order valence-corrected chi connectivity index (χ1v) is 13.3. The molecule has 0 unspecified atom stereocenters. The number of aromatic amines is 2. The summed E-state index contributed by atoms with van der Waals surface area (Å²) in [6, 6.07) is 3.80. The van der Waals surface area contributed by atoms with Crippen molar-refractivity contribution in [2.24, 2.45) is 20.4 Å². The van der Waals surface area contributed by atoms with Crippen LogP contribution >= 0.6 is 0 Å². The zero-order chi connectivity index (χ0) is 26.8. The Morgan fingerprint density at radius 1 is 0.730 bits per heavy atom. The molecule has 37 heavy (non-hydrogen) atoms. The Kier molecular flexibility index (Phi) is 19.4. The van der Waals surface area contributed by atoms with E-state index in [1.54, 1.807) is 12.4 Å². The van der Waals surface area contributed by atoms with Crippen LogP contribution in [0.2, 0.25) is 0 Å². The molecule has 0 saturated carbocycles. The summed E-state index contributed by atoms with van der Waals surface area (Å²) < 4.78 is 0. The first kappa shape index (κ1) is 34.6. The Morgan fingerprint density at radius 2 is 1.05 bits per heavy atom. The molecule has 0 atom stereocenters. The minimum Gasteiger partial charge on any atom is -0.741 e. The van der Waals surface area contributed by atoms with Crippen LogP contribution in [-0.2, 0) is 42.0 Å². The van der Waals surface area contributed by atoms with Crippen molar-refractivity contribution in [3.8, 4) is 0 Å². The van der Waals surface area contributed by atoms with Crippen LogP contribution in [0.3, 0.4) is 0 Å². The van der Waals surface area contributed by atoms with Crippen LogP contribution < -0.4 is 0 Å². The fraction of sp³-hybridized carbons (Fsp3) is 0.583. The topological polar surface area (TPSA) is 113 Å². The molecule has 13 heteroatoms. The minimum absolute atomic E-state index is 0. The van der Waals surface area contributed by atoms with Gasteiger partial charge in [-0.3, -0.25) is 10.2 Å². The molecule has 2 heterocycles. The minimum atomic E-state index is 0. The van der Waals surface area contributed by atoms with E-state index >= 15 is 0 Å². The zero-order valence-corrected chi connectivity index (χ0v) is 25.4. The third-order valence-electron chi connectivity index (χ3n) is 4.63. The van der Waals surface area contributed by atoms with Crippen LogP contribution in [0.4, 0.5) is 0 Å². The van der Waals surface area contributed by atoms with Crippen LogP contribution in [-0.4, -0.2) is 79.1 Å². The van der Waals surface area contributed by atoms with Gasteiger partial charge in [0.1, 0.15) is 11.4 Å². The average molecular weight is 592 g/mol. The van der Waals surface area contributed by atoms with E-state index < -0.39 is 0 Å². The molecule has 2 N–H and O–H groups in total. The largest absolute Gasteiger partial charge is 3.00 e. The normalized spacial score (nSPS) is 11.9. The van der Waals surface area contributed by atoms with E-state index in [0.29, 0.717) is 10.3 Å². The van der Waals surface area contributed by atoms with Gasteiger partial charge in [-0.2, -0.15) is 30.6 Å². The Labute approximate surface area is 243 Å². The van der Waals surface area contributed by atoms with Gasteiger partial charge < -0.3 is 35.1 Å². The van der Waals surface area contributed by atoms with Crippen LogP contribution in [0.1, 0.15) is 76.2 Å². The number of aromatic nitrogens is 4. The second kappa shape index (κ2) is 20.7. The molecule has 0 aliphatic carbocycles. The maximum atomic E-state index is 5.24. The Hall–Kier alpha value is -2.35. The van der Waals surface area contributed by atoms with Crippen LogP contribution in [0.5, 0.6) is 0 Å². The van der Waals surface area contributed by atoms with Gasteiger partial charge >= 0.3 is 16.8 Å². The summed E-state index contributed by atoms with van der Waals surface area (Å²) in [5.41, 5.74) is 3.52. The molecule has 2 aromatic heterocycles. The van der Waals surface area contributed by atoms with Crippen LogP contribution in [0.25, 0.3) is 0 Å². The van der Waals surface area contributed by atoms with E-state index in [1.165, 1.54) is 0 Å². The summed E-state index contributed by atoms with van der Waals surface area (Å²) in [7, 11) is 0. The van der Waals surface area contributed by atoms with Gasteiger partial charge in [0, 0.05) is 47.9 Å². The number of H-pyrrole nitrogens is 2. The molecular formula is C24H40CoN10S2+. The molecule has 2 aromatic rings. The summed E-state index contributed by atoms with van der Waals surface area (Å²) in [6.45, 7) is 16.1. The standard InChI is InChI=1S/2C12H21N5S.Co/c2*1-4-6-17(7-5-2)12(18)16-13-9-11-8-10(3)14-15-11;/h2*8-9H,4-7H2,1-3H3,(H,14,15)(H,16,18);/q;;+3/p-2/b2*13-9+;. The third kappa shape index (κ3) is 14.8. The van der Waals surface area contributed by atoms with Gasteiger partial charge in [0.15, 0.2) is 0 Å². The number of hydrogen-bond acceptors (Lipinski definition) is 8. The number of nitrogens with one attached hydrogen (secondary N) is 2. The molecule has 0 bridgehead atoms.